The summed E-state index contributed by atoms with van der Waals surface area (Å²) < 4.78 is 12.3. The Morgan fingerprint density at radius 1 is 0.882 bits per heavy atom. The number of carbonyl (C=O) groups excluding carboxylic acids is 2. The molecule has 9 nitrogen and oxygen atoms in total. The molecule has 4 N–H and O–H groups in total. The number of ether oxygens (including phenoxy) is 2. The van der Waals surface area contributed by atoms with Crippen molar-refractivity contribution in [3.05, 3.63) is 90.6 Å². The van der Waals surface area contributed by atoms with Crippen molar-refractivity contribution in [2.75, 3.05) is 37.9 Å². The van der Waals surface area contributed by atoms with Crippen molar-refractivity contribution in [2.45, 2.75) is 151 Å². The van der Waals surface area contributed by atoms with E-state index in [1.165, 1.54) is 75.6 Å². The smallest absolute Gasteiger partial charge is 0.341 e. The van der Waals surface area contributed by atoms with Gasteiger partial charge in [0.15, 0.2) is 0 Å². The number of rotatable bonds is 8. The molecule has 3 fully saturated rings. The SMILES string of the molecule is CC(C)C1Cc2sc3c(c2C(=O)N1)CCCC3.CC1CCC2CC3C(C)CCCC3C2C1.CCOC(=O)c1c(N)sc2c1CCC2.COCCNc1c(-c2ccc(C)cc2)nc2cccc(C)n12. The summed E-state index contributed by atoms with van der Waals surface area (Å²) in [4.78, 5) is 32.7. The molecule has 1 amide bonds. The van der Waals surface area contributed by atoms with E-state index < -0.39 is 0 Å². The van der Waals surface area contributed by atoms with Crippen molar-refractivity contribution in [1.82, 2.24) is 14.7 Å². The van der Waals surface area contributed by atoms with Crippen LogP contribution < -0.4 is 16.4 Å². The first kappa shape index (κ1) is 50.2. The minimum Gasteiger partial charge on any atom is -0.462 e. The fourth-order valence-corrected chi connectivity index (χ4v) is 15.1. The minimum atomic E-state index is -0.260. The third kappa shape index (κ3) is 11.1. The maximum absolute atomic E-state index is 12.2. The highest BCUT2D eigenvalue weighted by molar-refractivity contribution is 7.16. The summed E-state index contributed by atoms with van der Waals surface area (Å²) in [6, 6.07) is 15.0. The molecule has 7 atom stereocenters. The molecule has 0 saturated heterocycles. The van der Waals surface area contributed by atoms with Crippen LogP contribution in [0.15, 0.2) is 42.5 Å². The van der Waals surface area contributed by atoms with E-state index in [9.17, 15) is 9.59 Å². The first-order chi connectivity index (χ1) is 32.9. The highest BCUT2D eigenvalue weighted by Gasteiger charge is 2.47. The summed E-state index contributed by atoms with van der Waals surface area (Å²) in [5.41, 5.74) is 15.4. The van der Waals surface area contributed by atoms with Crippen molar-refractivity contribution in [3.63, 3.8) is 0 Å². The number of benzene rings is 1. The molecule has 11 heteroatoms. The molecular formula is C57H79N5O4S2. The van der Waals surface area contributed by atoms with Gasteiger partial charge in [0.25, 0.3) is 5.91 Å². The van der Waals surface area contributed by atoms with Gasteiger partial charge in [0.1, 0.15) is 22.2 Å². The van der Waals surface area contributed by atoms with Gasteiger partial charge in [0.05, 0.1) is 24.3 Å². The molecule has 5 aliphatic carbocycles. The number of methoxy groups -OCH3 is 1. The quantitative estimate of drug-likeness (QED) is 0.105. The molecule has 6 aliphatic rings. The zero-order valence-electron chi connectivity index (χ0n) is 42.3. The summed E-state index contributed by atoms with van der Waals surface area (Å²) in [6.07, 6.45) is 19.9. The Morgan fingerprint density at radius 3 is 2.40 bits per heavy atom. The third-order valence-corrected chi connectivity index (χ3v) is 18.5. The van der Waals surface area contributed by atoms with Gasteiger partial charge in [0.2, 0.25) is 0 Å². The molecule has 368 valence electrons. The second kappa shape index (κ2) is 22.7. The number of nitrogens with zero attached hydrogens (tertiary/aromatic N) is 2. The lowest BCUT2D eigenvalue weighted by atomic mass is 9.69. The van der Waals surface area contributed by atoms with E-state index in [1.807, 2.05) is 23.5 Å². The van der Waals surface area contributed by atoms with E-state index in [4.69, 9.17) is 20.2 Å². The predicted octanol–water partition coefficient (Wildman–Crippen LogP) is 13.1. The minimum absolute atomic E-state index is 0.185. The van der Waals surface area contributed by atoms with Crippen LogP contribution in [0.25, 0.3) is 16.9 Å². The van der Waals surface area contributed by atoms with Gasteiger partial charge < -0.3 is 25.8 Å². The zero-order valence-corrected chi connectivity index (χ0v) is 43.9. The molecule has 1 aliphatic heterocycles. The number of nitrogens with one attached hydrogen (secondary N) is 2. The van der Waals surface area contributed by atoms with Gasteiger partial charge in [-0.05, 0) is 156 Å². The molecule has 4 aromatic heterocycles. The van der Waals surface area contributed by atoms with Gasteiger partial charge in [-0.1, -0.05) is 82.9 Å². The molecular weight excluding hydrogens is 883 g/mol. The number of aryl methyl sites for hydroxylation is 4. The van der Waals surface area contributed by atoms with Crippen LogP contribution in [0.3, 0.4) is 0 Å². The predicted molar refractivity (Wildman–Crippen MR) is 283 cm³/mol. The number of amides is 1. The fraction of sp³-hybridized carbons (Fsp3) is 0.596. The topological polar surface area (TPSA) is 120 Å². The van der Waals surface area contributed by atoms with Crippen LogP contribution in [-0.2, 0) is 41.6 Å². The second-order valence-corrected chi connectivity index (χ2v) is 23.4. The number of fused-ring (bicyclic) bond motifs is 8. The van der Waals surface area contributed by atoms with Gasteiger partial charge >= 0.3 is 5.97 Å². The zero-order chi connectivity index (χ0) is 48.1. The maximum atomic E-state index is 12.2. The van der Waals surface area contributed by atoms with E-state index in [-0.39, 0.29) is 11.9 Å². The molecule has 0 radical (unpaired) electrons. The lowest BCUT2D eigenvalue weighted by Gasteiger charge is -2.37. The van der Waals surface area contributed by atoms with Gasteiger partial charge in [-0.2, -0.15) is 0 Å². The molecule has 0 bridgehead atoms. The molecule has 5 aromatic rings. The number of imidazole rings is 1. The number of nitrogen functional groups attached to an aromatic ring is 1. The summed E-state index contributed by atoms with van der Waals surface area (Å²) in [5, 5.41) is 7.26. The monoisotopic (exact) mass is 962 g/mol. The fourth-order valence-electron chi connectivity index (χ4n) is 12.5. The molecule has 68 heavy (non-hydrogen) atoms. The number of hydrogen-bond donors (Lipinski definition) is 3. The van der Waals surface area contributed by atoms with Crippen LogP contribution in [0.1, 0.15) is 157 Å². The van der Waals surface area contributed by atoms with Gasteiger partial charge in [-0.25, -0.2) is 9.78 Å². The summed E-state index contributed by atoms with van der Waals surface area (Å²) >= 11 is 3.44. The first-order valence-electron chi connectivity index (χ1n) is 26.2. The van der Waals surface area contributed by atoms with Crippen LogP contribution in [0.5, 0.6) is 0 Å². The van der Waals surface area contributed by atoms with Gasteiger partial charge in [0, 0.05) is 52.0 Å². The van der Waals surface area contributed by atoms with Crippen molar-refractivity contribution in [3.8, 4) is 11.3 Å². The molecule has 1 aromatic carbocycles. The lowest BCUT2D eigenvalue weighted by molar-refractivity contribution is 0.0526. The molecule has 5 heterocycles. The average molecular weight is 962 g/mol. The second-order valence-electron chi connectivity index (χ2n) is 21.1. The number of carbonyl (C=O) groups is 2. The van der Waals surface area contributed by atoms with E-state index >= 15 is 0 Å². The highest BCUT2D eigenvalue weighted by Crippen LogP contribution is 2.56. The van der Waals surface area contributed by atoms with E-state index in [0.717, 1.165) is 114 Å². The Bertz CT molecular complexity index is 2500. The molecule has 7 unspecified atom stereocenters. The highest BCUT2D eigenvalue weighted by atomic mass is 32.1. The normalized spacial score (nSPS) is 24.4. The number of aromatic nitrogens is 2. The Kier molecular flexibility index (Phi) is 16.8. The van der Waals surface area contributed by atoms with Crippen molar-refractivity contribution >= 4 is 51.0 Å². The molecule has 0 spiro atoms. The van der Waals surface area contributed by atoms with Crippen molar-refractivity contribution < 1.29 is 19.1 Å². The Balaban J connectivity index is 0.000000124. The number of hydrogen-bond acceptors (Lipinski definition) is 9. The Hall–Kier alpha value is -4.19. The standard InChI is InChI=1S/C18H21N3O.C15H26.C14H19NOS.C10H13NO2S/c1-13-7-9-15(10-8-13)17-18(19-11-12-22-3)21-14(2)5-4-6-16(21)20-17;1-10-6-7-12-9-14-11(2)4-3-5-13(14)15(12)8-10;1-8(2)10-7-12-13(14(16)15-10)9-5-3-4-6-11(9)17-12;1-2-13-10(12)8-6-4-3-5-7(6)14-9(8)11/h4-10,19H,11-12H2,1-3H3;10-15H,3-9H2,1-2H3;8,10H,3-7H2,1-2H3,(H,15,16);2-5,11H2,1H3. The van der Waals surface area contributed by atoms with Crippen LogP contribution >= 0.6 is 22.7 Å². The van der Waals surface area contributed by atoms with E-state index in [2.05, 4.69) is 86.9 Å². The van der Waals surface area contributed by atoms with Crippen LogP contribution in [0.2, 0.25) is 0 Å². The maximum Gasteiger partial charge on any atom is 0.341 e. The Labute approximate surface area is 414 Å². The van der Waals surface area contributed by atoms with Crippen LogP contribution in [-0.4, -0.2) is 54.2 Å². The molecule has 11 rings (SSSR count). The first-order valence-corrected chi connectivity index (χ1v) is 27.8. The van der Waals surface area contributed by atoms with E-state index in [1.54, 1.807) is 39.7 Å². The third-order valence-electron chi connectivity index (χ3n) is 16.1. The number of thiophene rings is 2. The lowest BCUT2D eigenvalue weighted by Crippen LogP contribution is -2.44. The summed E-state index contributed by atoms with van der Waals surface area (Å²) in [6.45, 7) is 17.2. The Morgan fingerprint density at radius 2 is 1.63 bits per heavy atom. The van der Waals surface area contributed by atoms with E-state index in [0.29, 0.717) is 35.7 Å². The average Bonchev–Trinajstić information content (AvgIpc) is 4.15. The van der Waals surface area contributed by atoms with Gasteiger partial charge in [-0.15, -0.1) is 22.7 Å². The van der Waals surface area contributed by atoms with Crippen LogP contribution in [0.4, 0.5) is 10.8 Å². The van der Waals surface area contributed by atoms with Crippen molar-refractivity contribution in [1.29, 1.82) is 0 Å². The number of esters is 1. The summed E-state index contributed by atoms with van der Waals surface area (Å²) in [5.74, 6) is 8.08. The van der Waals surface area contributed by atoms with Crippen molar-refractivity contribution in [2.24, 2.45) is 41.4 Å². The van der Waals surface area contributed by atoms with Crippen LogP contribution in [0, 0.1) is 55.3 Å². The number of nitrogens with two attached hydrogens (primary N) is 1. The van der Waals surface area contributed by atoms with Gasteiger partial charge in [-0.3, -0.25) is 9.20 Å². The number of pyridine rings is 1. The molecule has 3 saturated carbocycles. The summed E-state index contributed by atoms with van der Waals surface area (Å²) in [7, 11) is 1.71. The largest absolute Gasteiger partial charge is 0.462 e. The number of anilines is 2.